The molecule has 1 aliphatic carbocycles. The topological polar surface area (TPSA) is 12.0 Å². The van der Waals surface area contributed by atoms with Gasteiger partial charge in [-0.2, -0.15) is 13.2 Å². The second-order valence-corrected chi connectivity index (χ2v) is 5.97. The van der Waals surface area contributed by atoms with Crippen molar-refractivity contribution in [1.29, 1.82) is 0 Å². The van der Waals surface area contributed by atoms with Gasteiger partial charge in [-0.3, -0.25) is 0 Å². The molecule has 0 aromatic heterocycles. The lowest BCUT2D eigenvalue weighted by Crippen LogP contribution is -2.27. The molecule has 0 unspecified atom stereocenters. The van der Waals surface area contributed by atoms with Gasteiger partial charge in [0.25, 0.3) is 0 Å². The molecule has 110 valence electrons. The number of benzene rings is 1. The molecule has 0 bridgehead atoms. The fraction of sp³-hybridized carbons (Fsp3) is 0.600. The number of hydrogen-bond acceptors (Lipinski definition) is 1. The quantitative estimate of drug-likeness (QED) is 0.828. The molecule has 5 heteroatoms. The van der Waals surface area contributed by atoms with Gasteiger partial charge >= 0.3 is 6.18 Å². The minimum absolute atomic E-state index is 0.171. The van der Waals surface area contributed by atoms with Gasteiger partial charge in [0, 0.05) is 6.04 Å². The zero-order valence-electron chi connectivity index (χ0n) is 11.1. The fourth-order valence-corrected chi connectivity index (χ4v) is 3.24. The van der Waals surface area contributed by atoms with Gasteiger partial charge < -0.3 is 5.32 Å². The van der Waals surface area contributed by atoms with E-state index in [1.807, 2.05) is 0 Å². The van der Waals surface area contributed by atoms with Crippen molar-refractivity contribution in [1.82, 2.24) is 5.32 Å². The molecule has 1 aliphatic heterocycles. The first-order valence-corrected chi connectivity index (χ1v) is 7.01. The molecule has 1 N–H and O–H groups in total. The summed E-state index contributed by atoms with van der Waals surface area (Å²) in [6.07, 6.45) is 0.229. The Labute approximate surface area is 115 Å². The summed E-state index contributed by atoms with van der Waals surface area (Å²) in [4.78, 5) is 0. The molecular weight excluding hydrogens is 270 g/mol. The highest BCUT2D eigenvalue weighted by Gasteiger charge is 2.47. The van der Waals surface area contributed by atoms with Gasteiger partial charge in [-0.25, -0.2) is 4.39 Å². The van der Waals surface area contributed by atoms with Gasteiger partial charge in [0.2, 0.25) is 0 Å². The van der Waals surface area contributed by atoms with E-state index in [0.717, 1.165) is 50.8 Å². The second kappa shape index (κ2) is 4.72. The largest absolute Gasteiger partial charge is 0.419 e. The molecular formula is C15H17F4N. The molecule has 1 aromatic carbocycles. The van der Waals surface area contributed by atoms with Gasteiger partial charge in [0.1, 0.15) is 5.82 Å². The lowest BCUT2D eigenvalue weighted by atomic mass is 9.87. The first-order chi connectivity index (χ1) is 9.41. The molecule has 0 spiro atoms. The van der Waals surface area contributed by atoms with E-state index in [9.17, 15) is 17.6 Å². The molecule has 0 amide bonds. The summed E-state index contributed by atoms with van der Waals surface area (Å²) in [5.41, 5.74) is -0.670. The van der Waals surface area contributed by atoms with Crippen molar-refractivity contribution in [2.45, 2.75) is 49.7 Å². The summed E-state index contributed by atoms with van der Waals surface area (Å²) in [7, 11) is 0. The third-order valence-corrected chi connectivity index (χ3v) is 4.54. The van der Waals surface area contributed by atoms with Crippen molar-refractivity contribution in [3.8, 4) is 0 Å². The van der Waals surface area contributed by atoms with Crippen molar-refractivity contribution < 1.29 is 17.6 Å². The number of alkyl halides is 3. The molecule has 1 saturated heterocycles. The van der Waals surface area contributed by atoms with Crippen LogP contribution in [0.5, 0.6) is 0 Å². The van der Waals surface area contributed by atoms with Crippen molar-refractivity contribution >= 4 is 0 Å². The Morgan fingerprint density at radius 3 is 2.55 bits per heavy atom. The van der Waals surface area contributed by atoms with E-state index in [2.05, 4.69) is 5.32 Å². The molecule has 2 fully saturated rings. The Morgan fingerprint density at radius 1 is 1.25 bits per heavy atom. The Hall–Kier alpha value is -1.10. The predicted molar refractivity (Wildman–Crippen MR) is 68.0 cm³/mol. The standard InChI is InChI=1S/C15H17F4N/c16-13-4-3-10(8-12(13)15(17,18)19)14(5-6-14)9-11-2-1-7-20-11/h3-4,8,11,20H,1-2,5-7,9H2/t11-/m0/s1. The van der Waals surface area contributed by atoms with Crippen LogP contribution in [-0.2, 0) is 11.6 Å². The third-order valence-electron chi connectivity index (χ3n) is 4.54. The first kappa shape index (κ1) is 13.9. The zero-order chi connectivity index (χ0) is 14.4. The predicted octanol–water partition coefficient (Wildman–Crippen LogP) is 4.02. The van der Waals surface area contributed by atoms with E-state index >= 15 is 0 Å². The molecule has 0 radical (unpaired) electrons. The monoisotopic (exact) mass is 287 g/mol. The lowest BCUT2D eigenvalue weighted by molar-refractivity contribution is -0.140. The smallest absolute Gasteiger partial charge is 0.314 e. The molecule has 1 heterocycles. The van der Waals surface area contributed by atoms with E-state index in [1.165, 1.54) is 6.07 Å². The van der Waals surface area contributed by atoms with Crippen LogP contribution in [0.25, 0.3) is 0 Å². The zero-order valence-corrected chi connectivity index (χ0v) is 11.1. The van der Waals surface area contributed by atoms with Gasteiger partial charge in [-0.15, -0.1) is 0 Å². The fourth-order valence-electron chi connectivity index (χ4n) is 3.24. The molecule has 20 heavy (non-hydrogen) atoms. The highest BCUT2D eigenvalue weighted by atomic mass is 19.4. The van der Waals surface area contributed by atoms with Crippen molar-refractivity contribution in [3.63, 3.8) is 0 Å². The normalized spacial score (nSPS) is 24.9. The van der Waals surface area contributed by atoms with Gasteiger partial charge in [0.15, 0.2) is 0 Å². The van der Waals surface area contributed by atoms with Crippen LogP contribution in [0.3, 0.4) is 0 Å². The van der Waals surface area contributed by atoms with Crippen molar-refractivity contribution in [3.05, 3.63) is 35.1 Å². The summed E-state index contributed by atoms with van der Waals surface area (Å²) in [6, 6.07) is 3.88. The van der Waals surface area contributed by atoms with Crippen LogP contribution in [-0.4, -0.2) is 12.6 Å². The van der Waals surface area contributed by atoms with Crippen LogP contribution >= 0.6 is 0 Å². The molecule has 1 atom stereocenters. The number of halogens is 4. The van der Waals surface area contributed by atoms with Gasteiger partial charge in [-0.05, 0) is 61.8 Å². The van der Waals surface area contributed by atoms with Crippen LogP contribution in [0.1, 0.15) is 43.2 Å². The van der Waals surface area contributed by atoms with Crippen molar-refractivity contribution in [2.24, 2.45) is 0 Å². The minimum atomic E-state index is -4.62. The van der Waals surface area contributed by atoms with E-state index < -0.39 is 17.6 Å². The highest BCUT2D eigenvalue weighted by Crippen LogP contribution is 2.53. The minimum Gasteiger partial charge on any atom is -0.314 e. The third kappa shape index (κ3) is 2.55. The van der Waals surface area contributed by atoms with Gasteiger partial charge in [0.05, 0.1) is 5.56 Å². The lowest BCUT2D eigenvalue weighted by Gasteiger charge is -2.21. The molecule has 1 saturated carbocycles. The maximum atomic E-state index is 13.3. The number of hydrogen-bond donors (Lipinski definition) is 1. The van der Waals surface area contributed by atoms with Crippen LogP contribution < -0.4 is 5.32 Å². The molecule has 3 rings (SSSR count). The van der Waals surface area contributed by atoms with Crippen LogP contribution in [0.2, 0.25) is 0 Å². The maximum absolute atomic E-state index is 13.3. The van der Waals surface area contributed by atoms with E-state index in [4.69, 9.17) is 0 Å². The summed E-state index contributed by atoms with van der Waals surface area (Å²) < 4.78 is 51.7. The highest BCUT2D eigenvalue weighted by molar-refractivity contribution is 5.37. The second-order valence-electron chi connectivity index (χ2n) is 5.97. The Bertz CT molecular complexity index is 499. The van der Waals surface area contributed by atoms with E-state index in [1.54, 1.807) is 0 Å². The number of rotatable bonds is 3. The number of nitrogens with one attached hydrogen (secondary N) is 1. The Kier molecular flexibility index (Phi) is 3.27. The first-order valence-electron chi connectivity index (χ1n) is 7.01. The maximum Gasteiger partial charge on any atom is 0.419 e. The SMILES string of the molecule is Fc1ccc(C2(C[C@@H]3CCCN3)CC2)cc1C(F)(F)F. The average Bonchev–Trinajstić information content (AvgIpc) is 2.96. The van der Waals surface area contributed by atoms with E-state index in [-0.39, 0.29) is 5.41 Å². The van der Waals surface area contributed by atoms with E-state index in [0.29, 0.717) is 11.6 Å². The van der Waals surface area contributed by atoms with Crippen LogP contribution in [0.4, 0.5) is 17.6 Å². The summed E-state index contributed by atoms with van der Waals surface area (Å²) >= 11 is 0. The van der Waals surface area contributed by atoms with Crippen LogP contribution in [0, 0.1) is 5.82 Å². The summed E-state index contributed by atoms with van der Waals surface area (Å²) in [6.45, 7) is 0.984. The molecule has 1 aromatic rings. The summed E-state index contributed by atoms with van der Waals surface area (Å²) in [5, 5.41) is 3.38. The Balaban J connectivity index is 1.86. The molecule has 1 nitrogen and oxygen atoms in total. The van der Waals surface area contributed by atoms with Crippen LogP contribution in [0.15, 0.2) is 18.2 Å². The van der Waals surface area contributed by atoms with Gasteiger partial charge in [-0.1, -0.05) is 6.07 Å². The average molecular weight is 287 g/mol. The molecule has 2 aliphatic rings. The van der Waals surface area contributed by atoms with Crippen molar-refractivity contribution in [2.75, 3.05) is 6.54 Å². The Morgan fingerprint density at radius 2 is 2.00 bits per heavy atom. The summed E-state index contributed by atoms with van der Waals surface area (Å²) in [5.74, 6) is -1.18.